The summed E-state index contributed by atoms with van der Waals surface area (Å²) in [5.41, 5.74) is 6.18. The molecular weight excluding hydrogens is 266 g/mol. The molecule has 1 aromatic carbocycles. The molecule has 0 aliphatic rings. The third-order valence-corrected chi connectivity index (χ3v) is 3.31. The van der Waals surface area contributed by atoms with E-state index in [1.807, 2.05) is 18.4 Å². The highest BCUT2D eigenvalue weighted by Gasteiger charge is 2.18. The highest BCUT2D eigenvalue weighted by atomic mass is 32.2. The highest BCUT2D eigenvalue weighted by Crippen LogP contribution is 2.39. The Kier molecular flexibility index (Phi) is 4.28. The topological polar surface area (TPSA) is 83.4 Å². The first-order valence-corrected chi connectivity index (χ1v) is 6.79. The average Bonchev–Trinajstić information content (AvgIpc) is 2.94. The van der Waals surface area contributed by atoms with Crippen LogP contribution in [0.15, 0.2) is 21.6 Å². The Labute approximate surface area is 115 Å². The smallest absolute Gasteiger partial charge is 0.240 e. The fraction of sp³-hybridized carbons (Fsp3) is 0.333. The average molecular weight is 281 g/mol. The Morgan fingerprint density at radius 2 is 2.11 bits per heavy atom. The maximum Gasteiger partial charge on any atom is 0.240 e. The predicted octanol–water partition coefficient (Wildman–Crippen LogP) is 1.93. The van der Waals surface area contributed by atoms with Gasteiger partial charge in [0.25, 0.3) is 0 Å². The first-order valence-electron chi connectivity index (χ1n) is 5.56. The van der Waals surface area contributed by atoms with Crippen LogP contribution in [0, 0.1) is 0 Å². The highest BCUT2D eigenvalue weighted by molar-refractivity contribution is 7.98. The first kappa shape index (κ1) is 13.7. The number of thioether (sulfide) groups is 1. The molecule has 102 valence electrons. The van der Waals surface area contributed by atoms with Crippen LogP contribution in [0.25, 0.3) is 11.4 Å². The van der Waals surface area contributed by atoms with Crippen LogP contribution in [-0.2, 0) is 6.54 Å². The fourth-order valence-corrected chi connectivity index (χ4v) is 2.28. The third kappa shape index (κ3) is 2.66. The summed E-state index contributed by atoms with van der Waals surface area (Å²) in [6, 6.07) is 3.71. The van der Waals surface area contributed by atoms with Gasteiger partial charge in [-0.05, 0) is 18.4 Å². The molecule has 1 heterocycles. The number of ether oxygens (including phenoxy) is 2. The van der Waals surface area contributed by atoms with Crippen molar-refractivity contribution in [1.29, 1.82) is 0 Å². The van der Waals surface area contributed by atoms with E-state index in [1.54, 1.807) is 26.0 Å². The molecule has 2 aromatic rings. The molecule has 0 radical (unpaired) electrons. The molecule has 19 heavy (non-hydrogen) atoms. The van der Waals surface area contributed by atoms with Crippen molar-refractivity contribution in [2.24, 2.45) is 5.73 Å². The molecule has 0 aliphatic heterocycles. The molecule has 0 saturated carbocycles. The van der Waals surface area contributed by atoms with Gasteiger partial charge in [0.05, 0.1) is 31.2 Å². The Morgan fingerprint density at radius 3 is 2.63 bits per heavy atom. The van der Waals surface area contributed by atoms with E-state index in [-0.39, 0.29) is 6.54 Å². The summed E-state index contributed by atoms with van der Waals surface area (Å²) in [6.07, 6.45) is 1.96. The number of nitrogens with two attached hydrogens (primary N) is 1. The Morgan fingerprint density at radius 1 is 1.32 bits per heavy atom. The molecule has 0 atom stereocenters. The number of methoxy groups -OCH3 is 2. The molecule has 0 amide bonds. The van der Waals surface area contributed by atoms with Gasteiger partial charge in [-0.2, -0.15) is 4.98 Å². The summed E-state index contributed by atoms with van der Waals surface area (Å²) in [5.74, 6) is 2.22. The van der Waals surface area contributed by atoms with Crippen molar-refractivity contribution in [3.8, 4) is 22.9 Å². The van der Waals surface area contributed by atoms with Crippen LogP contribution in [0.3, 0.4) is 0 Å². The standard InChI is InChI=1S/C12H15N3O3S/c1-16-7-4-8(11(17-2)9(5-7)19-3)12-14-10(6-13)18-15-12/h4-5H,6,13H2,1-3H3. The van der Waals surface area contributed by atoms with Gasteiger partial charge >= 0.3 is 0 Å². The van der Waals surface area contributed by atoms with Crippen molar-refractivity contribution in [1.82, 2.24) is 10.1 Å². The van der Waals surface area contributed by atoms with E-state index in [2.05, 4.69) is 10.1 Å². The van der Waals surface area contributed by atoms with E-state index in [9.17, 15) is 0 Å². The largest absolute Gasteiger partial charge is 0.497 e. The Hall–Kier alpha value is -1.73. The minimum absolute atomic E-state index is 0.203. The van der Waals surface area contributed by atoms with E-state index in [0.717, 1.165) is 10.5 Å². The number of rotatable bonds is 5. The predicted molar refractivity (Wildman–Crippen MR) is 72.5 cm³/mol. The molecule has 0 fully saturated rings. The zero-order valence-electron chi connectivity index (χ0n) is 11.0. The quantitative estimate of drug-likeness (QED) is 0.838. The lowest BCUT2D eigenvalue weighted by Crippen LogP contribution is -1.97. The number of hydrogen-bond acceptors (Lipinski definition) is 7. The molecule has 1 aromatic heterocycles. The number of aromatic nitrogens is 2. The summed E-state index contributed by atoms with van der Waals surface area (Å²) in [7, 11) is 3.21. The molecule has 0 saturated heterocycles. The molecule has 0 spiro atoms. The van der Waals surface area contributed by atoms with Crippen LogP contribution in [0.2, 0.25) is 0 Å². The van der Waals surface area contributed by atoms with Crippen LogP contribution < -0.4 is 15.2 Å². The summed E-state index contributed by atoms with van der Waals surface area (Å²) < 4.78 is 15.7. The molecule has 0 bridgehead atoms. The number of hydrogen-bond donors (Lipinski definition) is 1. The van der Waals surface area contributed by atoms with Gasteiger partial charge in [0.2, 0.25) is 11.7 Å². The molecule has 6 nitrogen and oxygen atoms in total. The zero-order chi connectivity index (χ0) is 13.8. The maximum absolute atomic E-state index is 5.47. The molecule has 0 unspecified atom stereocenters. The van der Waals surface area contributed by atoms with Crippen LogP contribution in [0.4, 0.5) is 0 Å². The van der Waals surface area contributed by atoms with Gasteiger partial charge in [-0.3, -0.25) is 0 Å². The van der Waals surface area contributed by atoms with Gasteiger partial charge in [0, 0.05) is 0 Å². The molecule has 2 rings (SSSR count). The van der Waals surface area contributed by atoms with Crippen molar-refractivity contribution in [2.75, 3.05) is 20.5 Å². The molecule has 2 N–H and O–H groups in total. The maximum atomic E-state index is 5.47. The lowest BCUT2D eigenvalue weighted by molar-refractivity contribution is 0.378. The summed E-state index contributed by atoms with van der Waals surface area (Å²) in [5, 5.41) is 3.91. The number of benzene rings is 1. The normalized spacial score (nSPS) is 10.5. The SMILES string of the molecule is COc1cc(SC)c(OC)c(-c2noc(CN)n2)c1. The van der Waals surface area contributed by atoms with E-state index < -0.39 is 0 Å². The van der Waals surface area contributed by atoms with Gasteiger partial charge < -0.3 is 19.7 Å². The van der Waals surface area contributed by atoms with Crippen LogP contribution in [0.5, 0.6) is 11.5 Å². The van der Waals surface area contributed by atoms with Crippen molar-refractivity contribution in [3.05, 3.63) is 18.0 Å². The van der Waals surface area contributed by atoms with Crippen molar-refractivity contribution in [2.45, 2.75) is 11.4 Å². The van der Waals surface area contributed by atoms with E-state index >= 15 is 0 Å². The second-order valence-electron chi connectivity index (χ2n) is 3.63. The molecule has 7 heteroatoms. The third-order valence-electron chi connectivity index (χ3n) is 2.57. The summed E-state index contributed by atoms with van der Waals surface area (Å²) in [6.45, 7) is 0.203. The second kappa shape index (κ2) is 5.94. The zero-order valence-corrected chi connectivity index (χ0v) is 11.8. The van der Waals surface area contributed by atoms with E-state index in [0.29, 0.717) is 23.2 Å². The first-order chi connectivity index (χ1) is 9.23. The summed E-state index contributed by atoms with van der Waals surface area (Å²) >= 11 is 1.56. The van der Waals surface area contributed by atoms with Crippen molar-refractivity contribution < 1.29 is 14.0 Å². The summed E-state index contributed by atoms with van der Waals surface area (Å²) in [4.78, 5) is 5.15. The van der Waals surface area contributed by atoms with E-state index in [4.69, 9.17) is 19.7 Å². The van der Waals surface area contributed by atoms with Crippen molar-refractivity contribution in [3.63, 3.8) is 0 Å². The fourth-order valence-electron chi connectivity index (χ4n) is 1.67. The van der Waals surface area contributed by atoms with Gasteiger partial charge in [-0.15, -0.1) is 11.8 Å². The van der Waals surface area contributed by atoms with Crippen LogP contribution >= 0.6 is 11.8 Å². The Balaban J connectivity index is 2.59. The monoisotopic (exact) mass is 281 g/mol. The van der Waals surface area contributed by atoms with Gasteiger partial charge in [0.1, 0.15) is 11.5 Å². The van der Waals surface area contributed by atoms with Crippen LogP contribution in [0.1, 0.15) is 5.89 Å². The van der Waals surface area contributed by atoms with Crippen molar-refractivity contribution >= 4 is 11.8 Å². The second-order valence-corrected chi connectivity index (χ2v) is 4.47. The van der Waals surface area contributed by atoms with Gasteiger partial charge in [-0.25, -0.2) is 0 Å². The Bertz CT molecular complexity index is 571. The minimum Gasteiger partial charge on any atom is -0.497 e. The minimum atomic E-state index is 0.203. The molecule has 0 aliphatic carbocycles. The van der Waals surface area contributed by atoms with E-state index in [1.165, 1.54) is 0 Å². The lowest BCUT2D eigenvalue weighted by atomic mass is 10.1. The van der Waals surface area contributed by atoms with Crippen LogP contribution in [-0.4, -0.2) is 30.6 Å². The molecular formula is C12H15N3O3S. The number of nitrogens with zero attached hydrogens (tertiary/aromatic N) is 2. The van der Waals surface area contributed by atoms with Gasteiger partial charge in [0.15, 0.2) is 0 Å². The van der Waals surface area contributed by atoms with Gasteiger partial charge in [-0.1, -0.05) is 5.16 Å². The lowest BCUT2D eigenvalue weighted by Gasteiger charge is -2.12.